The summed E-state index contributed by atoms with van der Waals surface area (Å²) in [5, 5.41) is 0. The van der Waals surface area contributed by atoms with E-state index in [0.29, 0.717) is 18.7 Å². The number of hydrogen-bond acceptors (Lipinski definition) is 3. The fraction of sp³-hybridized carbons (Fsp3) is 0.667. The molecule has 2 fully saturated rings. The van der Waals surface area contributed by atoms with E-state index in [1.54, 1.807) is 0 Å². The number of morpholine rings is 1. The summed E-state index contributed by atoms with van der Waals surface area (Å²) < 4.78 is 5.99. The maximum atomic E-state index is 6.17. The number of benzene rings is 1. The van der Waals surface area contributed by atoms with Gasteiger partial charge in [0.2, 0.25) is 0 Å². The highest BCUT2D eigenvalue weighted by Gasteiger charge is 2.38. The second-order valence-electron chi connectivity index (χ2n) is 6.86. The van der Waals surface area contributed by atoms with Gasteiger partial charge in [-0.15, -0.1) is 0 Å². The molecule has 1 saturated heterocycles. The summed E-state index contributed by atoms with van der Waals surface area (Å²) in [6.45, 7) is 5.94. The first-order chi connectivity index (χ1) is 10.2. The van der Waals surface area contributed by atoms with Gasteiger partial charge >= 0.3 is 0 Å². The first kappa shape index (κ1) is 15.0. The van der Waals surface area contributed by atoms with Crippen LogP contribution >= 0.6 is 0 Å². The molecule has 3 heteroatoms. The Balaban J connectivity index is 1.76. The molecule has 3 rings (SSSR count). The van der Waals surface area contributed by atoms with Crippen molar-refractivity contribution in [1.29, 1.82) is 0 Å². The van der Waals surface area contributed by atoms with Gasteiger partial charge in [0.25, 0.3) is 0 Å². The van der Waals surface area contributed by atoms with E-state index in [2.05, 4.69) is 42.2 Å². The Labute approximate surface area is 128 Å². The van der Waals surface area contributed by atoms with Crippen LogP contribution in [-0.2, 0) is 10.2 Å². The molecule has 1 aromatic carbocycles. The smallest absolute Gasteiger partial charge is 0.0730 e. The lowest BCUT2D eigenvalue weighted by molar-refractivity contribution is -0.0929. The van der Waals surface area contributed by atoms with E-state index < -0.39 is 0 Å². The predicted molar refractivity (Wildman–Crippen MR) is 86.4 cm³/mol. The number of hydrogen-bond donors (Lipinski definition) is 1. The van der Waals surface area contributed by atoms with E-state index in [0.717, 1.165) is 19.7 Å². The lowest BCUT2D eigenvalue weighted by Gasteiger charge is -2.47. The molecule has 3 unspecified atom stereocenters. The van der Waals surface area contributed by atoms with Crippen LogP contribution in [0.25, 0.3) is 0 Å². The largest absolute Gasteiger partial charge is 0.375 e. The number of nitrogens with two attached hydrogens (primary N) is 1. The molecular weight excluding hydrogens is 260 g/mol. The second-order valence-corrected chi connectivity index (χ2v) is 6.86. The number of nitrogens with zero attached hydrogens (tertiary/aromatic N) is 1. The maximum absolute atomic E-state index is 6.17. The minimum Gasteiger partial charge on any atom is -0.375 e. The molecule has 2 N–H and O–H groups in total. The lowest BCUT2D eigenvalue weighted by atomic mass is 9.80. The summed E-state index contributed by atoms with van der Waals surface area (Å²) in [6, 6.07) is 11.3. The predicted octanol–water partition coefficient (Wildman–Crippen LogP) is 2.55. The molecule has 3 nitrogen and oxygen atoms in total. The molecule has 2 aliphatic rings. The van der Waals surface area contributed by atoms with Crippen molar-refractivity contribution in [3.8, 4) is 0 Å². The van der Waals surface area contributed by atoms with E-state index in [-0.39, 0.29) is 5.41 Å². The van der Waals surface area contributed by atoms with Gasteiger partial charge < -0.3 is 10.5 Å². The topological polar surface area (TPSA) is 38.5 Å². The summed E-state index contributed by atoms with van der Waals surface area (Å²) in [7, 11) is 0. The van der Waals surface area contributed by atoms with Gasteiger partial charge in [0.15, 0.2) is 0 Å². The minimum absolute atomic E-state index is 0.0284. The summed E-state index contributed by atoms with van der Waals surface area (Å²) >= 11 is 0. The third-order valence-corrected chi connectivity index (χ3v) is 5.32. The first-order valence-corrected chi connectivity index (χ1v) is 8.34. The monoisotopic (exact) mass is 288 g/mol. The van der Waals surface area contributed by atoms with Crippen molar-refractivity contribution >= 4 is 0 Å². The summed E-state index contributed by atoms with van der Waals surface area (Å²) in [6.07, 6.45) is 5.62. The van der Waals surface area contributed by atoms with Crippen LogP contribution in [0.3, 0.4) is 0 Å². The first-order valence-electron chi connectivity index (χ1n) is 8.34. The van der Waals surface area contributed by atoms with Crippen molar-refractivity contribution in [2.75, 3.05) is 26.2 Å². The van der Waals surface area contributed by atoms with Crippen LogP contribution < -0.4 is 5.73 Å². The third-order valence-electron chi connectivity index (χ3n) is 5.32. The molecule has 0 spiro atoms. The zero-order valence-electron chi connectivity index (χ0n) is 13.1. The van der Waals surface area contributed by atoms with Gasteiger partial charge in [-0.3, -0.25) is 4.90 Å². The van der Waals surface area contributed by atoms with Crippen molar-refractivity contribution in [1.82, 2.24) is 4.90 Å². The highest BCUT2D eigenvalue weighted by Crippen LogP contribution is 2.32. The summed E-state index contributed by atoms with van der Waals surface area (Å²) in [5.41, 5.74) is 7.55. The van der Waals surface area contributed by atoms with E-state index in [4.69, 9.17) is 10.5 Å². The van der Waals surface area contributed by atoms with Crippen LogP contribution in [0.2, 0.25) is 0 Å². The SMILES string of the molecule is CC(CN)(CN1CCOC2CCCCC21)c1ccccc1. The van der Waals surface area contributed by atoms with Crippen molar-refractivity contribution in [2.45, 2.75) is 50.2 Å². The Kier molecular flexibility index (Phi) is 4.63. The fourth-order valence-electron chi connectivity index (χ4n) is 3.94. The van der Waals surface area contributed by atoms with Crippen LogP contribution in [0.4, 0.5) is 0 Å². The quantitative estimate of drug-likeness (QED) is 0.925. The van der Waals surface area contributed by atoms with Gasteiger partial charge in [0, 0.05) is 31.1 Å². The highest BCUT2D eigenvalue weighted by molar-refractivity contribution is 5.25. The Morgan fingerprint density at radius 3 is 2.76 bits per heavy atom. The minimum atomic E-state index is 0.0284. The Morgan fingerprint density at radius 1 is 1.24 bits per heavy atom. The molecular formula is C18H28N2O. The molecule has 116 valence electrons. The summed E-state index contributed by atoms with van der Waals surface area (Å²) in [4.78, 5) is 2.65. The average Bonchev–Trinajstić information content (AvgIpc) is 2.56. The number of rotatable bonds is 4. The van der Waals surface area contributed by atoms with Gasteiger partial charge in [0.05, 0.1) is 12.7 Å². The Morgan fingerprint density at radius 2 is 2.00 bits per heavy atom. The van der Waals surface area contributed by atoms with Gasteiger partial charge in [-0.1, -0.05) is 50.1 Å². The molecule has 3 atom stereocenters. The Bertz CT molecular complexity index is 448. The number of fused-ring (bicyclic) bond motifs is 1. The molecule has 0 radical (unpaired) electrons. The van der Waals surface area contributed by atoms with Crippen LogP contribution in [-0.4, -0.2) is 43.3 Å². The van der Waals surface area contributed by atoms with Crippen molar-refractivity contribution in [3.05, 3.63) is 35.9 Å². The third kappa shape index (κ3) is 3.15. The van der Waals surface area contributed by atoms with Crippen LogP contribution in [0, 0.1) is 0 Å². The molecule has 0 aromatic heterocycles. The lowest BCUT2D eigenvalue weighted by Crippen LogP contribution is -2.57. The molecule has 1 saturated carbocycles. The highest BCUT2D eigenvalue weighted by atomic mass is 16.5. The Hall–Kier alpha value is -0.900. The molecule has 1 aliphatic heterocycles. The van der Waals surface area contributed by atoms with Gasteiger partial charge in [-0.2, -0.15) is 0 Å². The maximum Gasteiger partial charge on any atom is 0.0730 e. The molecule has 21 heavy (non-hydrogen) atoms. The van der Waals surface area contributed by atoms with Crippen LogP contribution in [0.5, 0.6) is 0 Å². The van der Waals surface area contributed by atoms with Crippen LogP contribution in [0.1, 0.15) is 38.2 Å². The zero-order valence-corrected chi connectivity index (χ0v) is 13.1. The van der Waals surface area contributed by atoms with Crippen molar-refractivity contribution in [3.63, 3.8) is 0 Å². The van der Waals surface area contributed by atoms with Gasteiger partial charge in [0.1, 0.15) is 0 Å². The van der Waals surface area contributed by atoms with E-state index in [1.165, 1.54) is 31.2 Å². The van der Waals surface area contributed by atoms with Crippen LogP contribution in [0.15, 0.2) is 30.3 Å². The molecule has 1 aromatic rings. The fourth-order valence-corrected chi connectivity index (χ4v) is 3.94. The molecule has 1 aliphatic carbocycles. The molecule has 0 bridgehead atoms. The standard InChI is InChI=1S/C18H28N2O/c1-18(13-19,15-7-3-2-4-8-15)14-20-11-12-21-17-10-6-5-9-16(17)20/h2-4,7-8,16-17H,5-6,9-14,19H2,1H3. The zero-order chi connectivity index (χ0) is 14.7. The van der Waals surface area contributed by atoms with Gasteiger partial charge in [-0.05, 0) is 18.4 Å². The van der Waals surface area contributed by atoms with Crippen molar-refractivity contribution < 1.29 is 4.74 Å². The van der Waals surface area contributed by atoms with E-state index in [9.17, 15) is 0 Å². The second kappa shape index (κ2) is 6.47. The van der Waals surface area contributed by atoms with Gasteiger partial charge in [-0.25, -0.2) is 0 Å². The normalized spacial score (nSPS) is 29.6. The number of ether oxygens (including phenoxy) is 1. The van der Waals surface area contributed by atoms with Crippen molar-refractivity contribution in [2.24, 2.45) is 5.73 Å². The van der Waals surface area contributed by atoms with E-state index >= 15 is 0 Å². The molecule has 1 heterocycles. The average molecular weight is 288 g/mol. The van der Waals surface area contributed by atoms with E-state index in [1.807, 2.05) is 0 Å². The molecule has 0 amide bonds. The summed E-state index contributed by atoms with van der Waals surface area (Å²) in [5.74, 6) is 0.